The summed E-state index contributed by atoms with van der Waals surface area (Å²) in [6.45, 7) is 4.19. The minimum absolute atomic E-state index is 0.0984. The summed E-state index contributed by atoms with van der Waals surface area (Å²) in [7, 11) is 3.31. The molecule has 2 rings (SSSR count). The summed E-state index contributed by atoms with van der Waals surface area (Å²) in [4.78, 5) is 12.0. The van der Waals surface area contributed by atoms with Crippen LogP contribution in [-0.2, 0) is 13.6 Å². The van der Waals surface area contributed by atoms with Crippen LogP contribution in [0.25, 0.3) is 11.3 Å². The molecule has 3 N–H and O–H groups in total. The van der Waals surface area contributed by atoms with Gasteiger partial charge in [-0.05, 0) is 31.0 Å². The summed E-state index contributed by atoms with van der Waals surface area (Å²) in [6.07, 6.45) is 0. The fourth-order valence-corrected chi connectivity index (χ4v) is 2.42. The molecule has 0 aliphatic carbocycles. The molecule has 0 fully saturated rings. The van der Waals surface area contributed by atoms with Gasteiger partial charge in [-0.15, -0.1) is 0 Å². The third kappa shape index (κ3) is 2.17. The molecule has 102 valence electrons. The molecule has 0 radical (unpaired) electrons. The monoisotopic (exact) mass is 261 g/mol. The molecule has 0 aliphatic rings. The van der Waals surface area contributed by atoms with E-state index in [2.05, 4.69) is 5.10 Å². The highest BCUT2D eigenvalue weighted by Crippen LogP contribution is 2.33. The number of ether oxygens (including phenoxy) is 1. The van der Waals surface area contributed by atoms with Crippen molar-refractivity contribution in [1.82, 2.24) is 9.78 Å². The standard InChI is InChI=1S/C14H19N3O2/c1-8-5-9(2)13(19-4)10(6-8)12-11(7-15)14(18)17(3)16-12/h5-6,16H,7,15H2,1-4H3. The van der Waals surface area contributed by atoms with Crippen LogP contribution in [0.3, 0.4) is 0 Å². The third-order valence-electron chi connectivity index (χ3n) is 3.24. The second kappa shape index (κ2) is 4.93. The van der Waals surface area contributed by atoms with Gasteiger partial charge in [0, 0.05) is 19.2 Å². The average Bonchev–Trinajstić information content (AvgIpc) is 2.64. The highest BCUT2D eigenvalue weighted by molar-refractivity contribution is 5.72. The number of hydrogen-bond donors (Lipinski definition) is 2. The number of rotatable bonds is 3. The maximum Gasteiger partial charge on any atom is 0.271 e. The molecule has 0 bridgehead atoms. The normalized spacial score (nSPS) is 10.8. The zero-order chi connectivity index (χ0) is 14.2. The number of hydrogen-bond acceptors (Lipinski definition) is 3. The van der Waals surface area contributed by atoms with Crippen LogP contribution in [0.2, 0.25) is 0 Å². The Balaban J connectivity index is 2.78. The summed E-state index contributed by atoms with van der Waals surface area (Å²) in [5.41, 5.74) is 9.92. The quantitative estimate of drug-likeness (QED) is 0.878. The molecular weight excluding hydrogens is 242 g/mol. The van der Waals surface area contributed by atoms with E-state index in [9.17, 15) is 4.79 Å². The van der Waals surface area contributed by atoms with Crippen molar-refractivity contribution < 1.29 is 4.74 Å². The summed E-state index contributed by atoms with van der Waals surface area (Å²) in [6, 6.07) is 4.04. The molecule has 5 heteroatoms. The summed E-state index contributed by atoms with van der Waals surface area (Å²) in [5.74, 6) is 0.766. The summed E-state index contributed by atoms with van der Waals surface area (Å²) < 4.78 is 6.90. The summed E-state index contributed by atoms with van der Waals surface area (Å²) >= 11 is 0. The Morgan fingerprint density at radius 2 is 2.05 bits per heavy atom. The third-order valence-corrected chi connectivity index (χ3v) is 3.24. The van der Waals surface area contributed by atoms with Crippen molar-refractivity contribution in [3.8, 4) is 17.0 Å². The van der Waals surface area contributed by atoms with Gasteiger partial charge in [-0.2, -0.15) is 0 Å². The average molecular weight is 261 g/mol. The van der Waals surface area contributed by atoms with E-state index < -0.39 is 0 Å². The van der Waals surface area contributed by atoms with Crippen LogP contribution in [0.15, 0.2) is 16.9 Å². The molecule has 2 aromatic rings. The number of nitrogens with two attached hydrogens (primary N) is 1. The lowest BCUT2D eigenvalue weighted by molar-refractivity contribution is 0.413. The van der Waals surface area contributed by atoms with Gasteiger partial charge in [-0.25, -0.2) is 0 Å². The number of aromatic amines is 1. The molecule has 0 atom stereocenters. The number of methoxy groups -OCH3 is 1. The Morgan fingerprint density at radius 1 is 1.37 bits per heavy atom. The number of nitrogens with one attached hydrogen (secondary N) is 1. The summed E-state index contributed by atoms with van der Waals surface area (Å²) in [5, 5.41) is 3.05. The van der Waals surface area contributed by atoms with Crippen LogP contribution in [0.5, 0.6) is 5.75 Å². The first-order valence-corrected chi connectivity index (χ1v) is 6.13. The van der Waals surface area contributed by atoms with Gasteiger partial charge in [-0.1, -0.05) is 6.07 Å². The van der Waals surface area contributed by atoms with Gasteiger partial charge in [0.1, 0.15) is 5.75 Å². The first kappa shape index (κ1) is 13.4. The van der Waals surface area contributed by atoms with E-state index in [4.69, 9.17) is 10.5 Å². The molecule has 0 spiro atoms. The molecule has 0 aliphatic heterocycles. The maximum atomic E-state index is 12.0. The largest absolute Gasteiger partial charge is 0.496 e. The van der Waals surface area contributed by atoms with Crippen LogP contribution in [0.1, 0.15) is 16.7 Å². The fourth-order valence-electron chi connectivity index (χ4n) is 2.42. The van der Waals surface area contributed by atoms with Crippen molar-refractivity contribution >= 4 is 0 Å². The SMILES string of the molecule is COc1c(C)cc(C)cc1-c1[nH]n(C)c(=O)c1CN. The van der Waals surface area contributed by atoms with E-state index in [0.29, 0.717) is 5.56 Å². The molecule has 0 saturated carbocycles. The molecule has 19 heavy (non-hydrogen) atoms. The number of benzene rings is 1. The number of H-pyrrole nitrogens is 1. The molecule has 0 amide bonds. The van der Waals surface area contributed by atoms with Gasteiger partial charge >= 0.3 is 0 Å². The van der Waals surface area contributed by atoms with Gasteiger partial charge in [0.15, 0.2) is 0 Å². The molecule has 0 unspecified atom stereocenters. The maximum absolute atomic E-state index is 12.0. The molecule has 1 heterocycles. The smallest absolute Gasteiger partial charge is 0.271 e. The van der Waals surface area contributed by atoms with Gasteiger partial charge < -0.3 is 10.5 Å². The predicted molar refractivity (Wildman–Crippen MR) is 75.4 cm³/mol. The molecular formula is C14H19N3O2. The van der Waals surface area contributed by atoms with E-state index in [1.165, 1.54) is 4.68 Å². The Hall–Kier alpha value is -2.01. The van der Waals surface area contributed by atoms with Crippen LogP contribution in [-0.4, -0.2) is 16.9 Å². The first-order valence-electron chi connectivity index (χ1n) is 6.13. The van der Waals surface area contributed by atoms with Gasteiger partial charge in [-0.3, -0.25) is 14.6 Å². The Kier molecular flexibility index (Phi) is 3.48. The van der Waals surface area contributed by atoms with Crippen LogP contribution in [0, 0.1) is 13.8 Å². The first-order chi connectivity index (χ1) is 8.99. The van der Waals surface area contributed by atoms with E-state index in [-0.39, 0.29) is 12.1 Å². The highest BCUT2D eigenvalue weighted by atomic mass is 16.5. The molecule has 5 nitrogen and oxygen atoms in total. The minimum Gasteiger partial charge on any atom is -0.496 e. The zero-order valence-corrected chi connectivity index (χ0v) is 11.7. The van der Waals surface area contributed by atoms with Crippen molar-refractivity contribution in [3.63, 3.8) is 0 Å². The lowest BCUT2D eigenvalue weighted by atomic mass is 10.0. The van der Waals surface area contributed by atoms with Gasteiger partial charge in [0.05, 0.1) is 18.4 Å². The van der Waals surface area contributed by atoms with Gasteiger partial charge in [0.2, 0.25) is 0 Å². The van der Waals surface area contributed by atoms with Crippen LogP contribution in [0.4, 0.5) is 0 Å². The van der Waals surface area contributed by atoms with Crippen molar-refractivity contribution in [2.45, 2.75) is 20.4 Å². The number of nitrogens with zero attached hydrogens (tertiary/aromatic N) is 1. The topological polar surface area (TPSA) is 73.0 Å². The lowest BCUT2D eigenvalue weighted by Crippen LogP contribution is -2.17. The van der Waals surface area contributed by atoms with Crippen molar-refractivity contribution in [1.29, 1.82) is 0 Å². The van der Waals surface area contributed by atoms with Crippen LogP contribution < -0.4 is 16.0 Å². The van der Waals surface area contributed by atoms with Gasteiger partial charge in [0.25, 0.3) is 5.56 Å². The van der Waals surface area contributed by atoms with E-state index >= 15 is 0 Å². The number of aryl methyl sites for hydroxylation is 3. The highest BCUT2D eigenvalue weighted by Gasteiger charge is 2.17. The fraction of sp³-hybridized carbons (Fsp3) is 0.357. The van der Waals surface area contributed by atoms with Crippen molar-refractivity contribution in [3.05, 3.63) is 39.2 Å². The molecule has 1 aromatic carbocycles. The predicted octanol–water partition coefficient (Wildman–Crippen LogP) is 1.46. The number of aromatic nitrogens is 2. The Labute approximate surface area is 112 Å². The van der Waals surface area contributed by atoms with E-state index in [1.807, 2.05) is 26.0 Å². The second-order valence-corrected chi connectivity index (χ2v) is 4.70. The van der Waals surface area contributed by atoms with Crippen LogP contribution >= 0.6 is 0 Å². The van der Waals surface area contributed by atoms with E-state index in [0.717, 1.165) is 28.1 Å². The minimum atomic E-state index is -0.0984. The van der Waals surface area contributed by atoms with Crippen molar-refractivity contribution in [2.75, 3.05) is 7.11 Å². The van der Waals surface area contributed by atoms with Crippen molar-refractivity contribution in [2.24, 2.45) is 12.8 Å². The second-order valence-electron chi connectivity index (χ2n) is 4.70. The Bertz CT molecular complexity index is 668. The van der Waals surface area contributed by atoms with E-state index in [1.54, 1.807) is 14.2 Å². The molecule has 1 aromatic heterocycles. The lowest BCUT2D eigenvalue weighted by Gasteiger charge is -2.12. The zero-order valence-electron chi connectivity index (χ0n) is 11.7. The Morgan fingerprint density at radius 3 is 2.63 bits per heavy atom. The molecule has 0 saturated heterocycles.